The van der Waals surface area contributed by atoms with E-state index in [4.69, 9.17) is 11.6 Å². The van der Waals surface area contributed by atoms with Crippen LogP contribution in [0.25, 0.3) is 0 Å². The number of benzene rings is 1. The van der Waals surface area contributed by atoms with Crippen LogP contribution in [-0.2, 0) is 20.8 Å². The van der Waals surface area contributed by atoms with Gasteiger partial charge in [0.2, 0.25) is 11.7 Å². The van der Waals surface area contributed by atoms with E-state index in [1.165, 1.54) is 18.5 Å². The van der Waals surface area contributed by atoms with E-state index in [0.29, 0.717) is 11.4 Å². The van der Waals surface area contributed by atoms with Gasteiger partial charge < -0.3 is 16.0 Å². The first kappa shape index (κ1) is 28.0. The Morgan fingerprint density at radius 2 is 1.63 bits per heavy atom. The standard InChI is InChI=1S/C26H33ClN4O4/c1-16(2)11-21(30-23(33)18-13-19(27)15-28-14-18)24(34)29-20(12-17-9-7-6-8-10-17)22(32)25(35)31-26(3,4)5/h6-10,13-16,20-21H,11-12H2,1-5H3,(H,29,34)(H,30,33)(H,31,35). The zero-order valence-electron chi connectivity index (χ0n) is 20.7. The molecule has 8 nitrogen and oxygen atoms in total. The lowest BCUT2D eigenvalue weighted by Gasteiger charge is -2.25. The summed E-state index contributed by atoms with van der Waals surface area (Å²) < 4.78 is 0. The maximum Gasteiger partial charge on any atom is 0.290 e. The number of hydrogen-bond donors (Lipinski definition) is 3. The number of ketones is 1. The Bertz CT molecular complexity index is 1050. The molecule has 1 aromatic heterocycles. The van der Waals surface area contributed by atoms with Crippen LogP contribution in [0, 0.1) is 5.92 Å². The summed E-state index contributed by atoms with van der Waals surface area (Å²) in [6.07, 6.45) is 3.21. The van der Waals surface area contributed by atoms with Crippen LogP contribution in [0.2, 0.25) is 5.02 Å². The number of carbonyl (C=O) groups excluding carboxylic acids is 4. The number of nitrogens with one attached hydrogen (secondary N) is 3. The molecule has 2 rings (SSSR count). The second-order valence-electron chi connectivity index (χ2n) is 9.87. The van der Waals surface area contributed by atoms with E-state index in [1.54, 1.807) is 20.8 Å². The number of aromatic nitrogens is 1. The molecule has 3 amide bonds. The summed E-state index contributed by atoms with van der Waals surface area (Å²) in [5.41, 5.74) is 0.373. The summed E-state index contributed by atoms with van der Waals surface area (Å²) in [6.45, 7) is 9.12. The molecule has 35 heavy (non-hydrogen) atoms. The largest absolute Gasteiger partial charge is 0.345 e. The predicted molar refractivity (Wildman–Crippen MR) is 135 cm³/mol. The van der Waals surface area contributed by atoms with Crippen LogP contribution < -0.4 is 16.0 Å². The third-order valence-electron chi connectivity index (χ3n) is 4.92. The number of carbonyl (C=O) groups is 4. The quantitative estimate of drug-likeness (QED) is 0.433. The Morgan fingerprint density at radius 3 is 2.20 bits per heavy atom. The fourth-order valence-electron chi connectivity index (χ4n) is 3.37. The SMILES string of the molecule is CC(C)CC(NC(=O)c1cncc(Cl)c1)C(=O)NC(Cc1ccccc1)C(=O)C(=O)NC(C)(C)C. The van der Waals surface area contributed by atoms with Gasteiger partial charge in [0.25, 0.3) is 11.8 Å². The van der Waals surface area contributed by atoms with E-state index in [0.717, 1.165) is 5.56 Å². The van der Waals surface area contributed by atoms with Gasteiger partial charge >= 0.3 is 0 Å². The zero-order chi connectivity index (χ0) is 26.2. The van der Waals surface area contributed by atoms with Crippen molar-refractivity contribution in [2.75, 3.05) is 0 Å². The minimum Gasteiger partial charge on any atom is -0.345 e. The average molecular weight is 501 g/mol. The van der Waals surface area contributed by atoms with Gasteiger partial charge in [0.1, 0.15) is 12.1 Å². The van der Waals surface area contributed by atoms with Crippen molar-refractivity contribution in [1.82, 2.24) is 20.9 Å². The van der Waals surface area contributed by atoms with Crippen molar-refractivity contribution in [3.8, 4) is 0 Å². The van der Waals surface area contributed by atoms with Gasteiger partial charge in [-0.2, -0.15) is 0 Å². The van der Waals surface area contributed by atoms with E-state index in [1.807, 2.05) is 44.2 Å². The number of hydrogen-bond acceptors (Lipinski definition) is 5. The molecule has 0 aliphatic carbocycles. The fraction of sp³-hybridized carbons (Fsp3) is 0.423. The molecule has 9 heteroatoms. The van der Waals surface area contributed by atoms with Crippen molar-refractivity contribution in [2.24, 2.45) is 5.92 Å². The minimum atomic E-state index is -1.10. The number of amides is 3. The molecule has 0 bridgehead atoms. The van der Waals surface area contributed by atoms with Gasteiger partial charge in [-0.25, -0.2) is 0 Å². The number of Topliss-reactive ketones (excluding diaryl/α,β-unsaturated/α-hetero) is 1. The van der Waals surface area contributed by atoms with Crippen molar-refractivity contribution in [3.63, 3.8) is 0 Å². The number of nitrogens with zero attached hydrogens (tertiary/aromatic N) is 1. The summed E-state index contributed by atoms with van der Waals surface area (Å²) in [7, 11) is 0. The lowest BCUT2D eigenvalue weighted by Crippen LogP contribution is -2.56. The number of halogens is 1. The molecular formula is C26H33ClN4O4. The summed E-state index contributed by atoms with van der Waals surface area (Å²) in [4.78, 5) is 55.6. The van der Waals surface area contributed by atoms with Crippen molar-refractivity contribution >= 4 is 35.1 Å². The van der Waals surface area contributed by atoms with E-state index in [2.05, 4.69) is 20.9 Å². The van der Waals surface area contributed by atoms with Crippen LogP contribution in [0.3, 0.4) is 0 Å². The van der Waals surface area contributed by atoms with E-state index in [-0.39, 0.29) is 17.9 Å². The van der Waals surface area contributed by atoms with Crippen LogP contribution in [0.4, 0.5) is 0 Å². The summed E-state index contributed by atoms with van der Waals surface area (Å²) in [5.74, 6) is -2.55. The first-order valence-electron chi connectivity index (χ1n) is 11.5. The average Bonchev–Trinajstić information content (AvgIpc) is 2.76. The lowest BCUT2D eigenvalue weighted by molar-refractivity contribution is -0.141. The molecule has 0 saturated carbocycles. The van der Waals surface area contributed by atoms with Crippen molar-refractivity contribution in [2.45, 2.75) is 65.1 Å². The molecular weight excluding hydrogens is 468 g/mol. The number of pyridine rings is 1. The molecule has 0 spiro atoms. The molecule has 3 N–H and O–H groups in total. The maximum absolute atomic E-state index is 13.3. The minimum absolute atomic E-state index is 0.0657. The molecule has 0 aliphatic heterocycles. The third kappa shape index (κ3) is 9.48. The van der Waals surface area contributed by atoms with Crippen molar-refractivity contribution in [1.29, 1.82) is 0 Å². The van der Waals surface area contributed by atoms with Crippen molar-refractivity contribution < 1.29 is 19.2 Å². The molecule has 188 valence electrons. The fourth-order valence-corrected chi connectivity index (χ4v) is 3.55. The molecule has 1 heterocycles. The van der Waals surface area contributed by atoms with Gasteiger partial charge in [-0.05, 0) is 44.7 Å². The maximum atomic E-state index is 13.3. The monoisotopic (exact) mass is 500 g/mol. The van der Waals surface area contributed by atoms with Gasteiger partial charge in [0, 0.05) is 24.4 Å². The summed E-state index contributed by atoms with van der Waals surface area (Å²) in [5, 5.41) is 8.35. The van der Waals surface area contributed by atoms with E-state index in [9.17, 15) is 19.2 Å². The van der Waals surface area contributed by atoms with Gasteiger partial charge in [-0.15, -0.1) is 0 Å². The second-order valence-corrected chi connectivity index (χ2v) is 10.3. The Kier molecular flexibility index (Phi) is 9.95. The van der Waals surface area contributed by atoms with Crippen LogP contribution in [0.5, 0.6) is 0 Å². The smallest absolute Gasteiger partial charge is 0.290 e. The third-order valence-corrected chi connectivity index (χ3v) is 5.13. The lowest BCUT2D eigenvalue weighted by atomic mass is 9.98. The molecule has 2 aromatic rings. The highest BCUT2D eigenvalue weighted by Gasteiger charge is 2.32. The van der Waals surface area contributed by atoms with Crippen molar-refractivity contribution in [3.05, 3.63) is 64.9 Å². The normalized spacial score (nSPS) is 13.0. The van der Waals surface area contributed by atoms with Crippen LogP contribution >= 0.6 is 11.6 Å². The van der Waals surface area contributed by atoms with E-state index < -0.39 is 41.1 Å². The molecule has 0 radical (unpaired) electrons. The van der Waals surface area contributed by atoms with E-state index >= 15 is 0 Å². The summed E-state index contributed by atoms with van der Waals surface area (Å²) >= 11 is 5.93. The van der Waals surface area contributed by atoms with Crippen LogP contribution in [-0.4, -0.2) is 46.1 Å². The molecule has 2 atom stereocenters. The molecule has 0 saturated heterocycles. The Labute approximate surface area is 211 Å². The predicted octanol–water partition coefficient (Wildman–Crippen LogP) is 3.09. The van der Waals surface area contributed by atoms with Gasteiger partial charge in [-0.3, -0.25) is 24.2 Å². The first-order valence-corrected chi connectivity index (χ1v) is 11.9. The zero-order valence-corrected chi connectivity index (χ0v) is 21.5. The highest BCUT2D eigenvalue weighted by Crippen LogP contribution is 2.12. The van der Waals surface area contributed by atoms with Gasteiger partial charge in [0.05, 0.1) is 10.6 Å². The second kappa shape index (κ2) is 12.4. The topological polar surface area (TPSA) is 117 Å². The molecule has 2 unspecified atom stereocenters. The Balaban J connectivity index is 2.25. The Hall–Kier alpha value is -3.26. The highest BCUT2D eigenvalue weighted by molar-refractivity contribution is 6.38. The molecule has 1 aromatic carbocycles. The van der Waals surface area contributed by atoms with Crippen LogP contribution in [0.1, 0.15) is 57.0 Å². The first-order chi connectivity index (χ1) is 16.4. The number of rotatable bonds is 10. The highest BCUT2D eigenvalue weighted by atomic mass is 35.5. The van der Waals surface area contributed by atoms with Gasteiger partial charge in [0.15, 0.2) is 0 Å². The summed E-state index contributed by atoms with van der Waals surface area (Å²) in [6, 6.07) is 8.51. The Morgan fingerprint density at radius 1 is 0.971 bits per heavy atom. The molecule has 0 fully saturated rings. The van der Waals surface area contributed by atoms with Gasteiger partial charge in [-0.1, -0.05) is 55.8 Å². The van der Waals surface area contributed by atoms with Crippen LogP contribution in [0.15, 0.2) is 48.8 Å². The molecule has 0 aliphatic rings.